The van der Waals surface area contributed by atoms with E-state index in [-0.39, 0.29) is 18.2 Å². The number of rotatable bonds is 2. The van der Waals surface area contributed by atoms with Crippen LogP contribution in [0.1, 0.15) is 19.9 Å². The molecule has 114 valence electrons. The van der Waals surface area contributed by atoms with Crippen LogP contribution in [0, 0.1) is 0 Å². The third-order valence-corrected chi connectivity index (χ3v) is 4.31. The standard InChI is InChI=1S/C15H15ClN4O2/c1-4-8-5-9(12-11(8)21-15(2,3)22-12)20-7-19-10-13(16)17-6-18-14(10)20/h4-7,9,11-12H,1H2,2-3H3/t9-,11-,12+/m1/s1. The molecule has 1 aliphatic carbocycles. The Bertz CT molecular complexity index is 798. The topological polar surface area (TPSA) is 62.1 Å². The third-order valence-electron chi connectivity index (χ3n) is 4.03. The molecule has 1 aliphatic heterocycles. The second-order valence-electron chi connectivity index (χ2n) is 5.87. The summed E-state index contributed by atoms with van der Waals surface area (Å²) < 4.78 is 14.0. The van der Waals surface area contributed by atoms with Gasteiger partial charge in [-0.2, -0.15) is 0 Å². The lowest BCUT2D eigenvalue weighted by atomic mass is 10.1. The molecular formula is C15H15ClN4O2. The summed E-state index contributed by atoms with van der Waals surface area (Å²) in [5.74, 6) is -0.626. The van der Waals surface area contributed by atoms with E-state index in [0.29, 0.717) is 16.3 Å². The summed E-state index contributed by atoms with van der Waals surface area (Å²) in [5, 5.41) is 0.343. The van der Waals surface area contributed by atoms with Crippen molar-refractivity contribution in [2.24, 2.45) is 0 Å². The number of fused-ring (bicyclic) bond motifs is 2. The first-order valence-corrected chi connectivity index (χ1v) is 7.41. The van der Waals surface area contributed by atoms with E-state index in [1.165, 1.54) is 6.33 Å². The molecular weight excluding hydrogens is 304 g/mol. The molecule has 6 nitrogen and oxygen atoms in total. The van der Waals surface area contributed by atoms with Crippen LogP contribution < -0.4 is 0 Å². The van der Waals surface area contributed by atoms with Crippen LogP contribution in [-0.4, -0.2) is 37.5 Å². The van der Waals surface area contributed by atoms with Crippen molar-refractivity contribution in [2.75, 3.05) is 0 Å². The minimum Gasteiger partial charge on any atom is -0.342 e. The van der Waals surface area contributed by atoms with Crippen molar-refractivity contribution in [2.45, 2.75) is 37.9 Å². The van der Waals surface area contributed by atoms with Crippen LogP contribution in [-0.2, 0) is 9.47 Å². The highest BCUT2D eigenvalue weighted by Gasteiger charge is 2.50. The molecule has 22 heavy (non-hydrogen) atoms. The Labute approximate surface area is 132 Å². The molecule has 2 aromatic rings. The zero-order chi connectivity index (χ0) is 15.5. The number of hydrogen-bond acceptors (Lipinski definition) is 5. The van der Waals surface area contributed by atoms with Gasteiger partial charge < -0.3 is 14.0 Å². The number of nitrogens with zero attached hydrogens (tertiary/aromatic N) is 4. The largest absolute Gasteiger partial charge is 0.342 e. The first kappa shape index (κ1) is 13.9. The maximum Gasteiger partial charge on any atom is 0.165 e. The van der Waals surface area contributed by atoms with Crippen LogP contribution in [0.15, 0.2) is 37.0 Å². The molecule has 0 amide bonds. The van der Waals surface area contributed by atoms with Crippen molar-refractivity contribution in [1.82, 2.24) is 19.5 Å². The fraction of sp³-hybridized carbons (Fsp3) is 0.400. The molecule has 0 unspecified atom stereocenters. The van der Waals surface area contributed by atoms with Crippen molar-refractivity contribution in [3.05, 3.63) is 42.1 Å². The van der Waals surface area contributed by atoms with Gasteiger partial charge >= 0.3 is 0 Å². The number of ether oxygens (including phenoxy) is 2. The van der Waals surface area contributed by atoms with Gasteiger partial charge in [-0.25, -0.2) is 15.0 Å². The van der Waals surface area contributed by atoms with E-state index >= 15 is 0 Å². The average molecular weight is 319 g/mol. The van der Waals surface area contributed by atoms with E-state index in [4.69, 9.17) is 21.1 Å². The Morgan fingerprint density at radius 1 is 1.32 bits per heavy atom. The monoisotopic (exact) mass is 318 g/mol. The van der Waals surface area contributed by atoms with Crippen LogP contribution in [0.4, 0.5) is 0 Å². The Morgan fingerprint density at radius 3 is 2.91 bits per heavy atom. The van der Waals surface area contributed by atoms with Gasteiger partial charge in [-0.15, -0.1) is 0 Å². The fourth-order valence-electron chi connectivity index (χ4n) is 3.15. The Kier molecular flexibility index (Phi) is 2.91. The van der Waals surface area contributed by atoms with Crippen LogP contribution in [0.2, 0.25) is 5.15 Å². The predicted molar refractivity (Wildman–Crippen MR) is 81.5 cm³/mol. The van der Waals surface area contributed by atoms with Crippen LogP contribution in [0.25, 0.3) is 11.2 Å². The van der Waals surface area contributed by atoms with E-state index in [1.807, 2.05) is 24.5 Å². The van der Waals surface area contributed by atoms with Crippen molar-refractivity contribution < 1.29 is 9.47 Å². The lowest BCUT2D eigenvalue weighted by molar-refractivity contribution is -0.147. The van der Waals surface area contributed by atoms with Gasteiger partial charge in [-0.05, 0) is 19.4 Å². The Balaban J connectivity index is 1.83. The Hall–Kier alpha value is -1.76. The van der Waals surface area contributed by atoms with Crippen molar-refractivity contribution in [3.8, 4) is 0 Å². The van der Waals surface area contributed by atoms with E-state index in [2.05, 4.69) is 27.6 Å². The summed E-state index contributed by atoms with van der Waals surface area (Å²) in [6.45, 7) is 7.69. The maximum atomic E-state index is 6.08. The highest BCUT2D eigenvalue weighted by molar-refractivity contribution is 6.33. The zero-order valence-electron chi connectivity index (χ0n) is 12.2. The smallest absolute Gasteiger partial charge is 0.165 e. The van der Waals surface area contributed by atoms with Gasteiger partial charge in [-0.3, -0.25) is 0 Å². The summed E-state index contributed by atoms with van der Waals surface area (Å²) in [5.41, 5.74) is 2.28. The summed E-state index contributed by atoms with van der Waals surface area (Å²) in [6.07, 6.45) is 6.76. The van der Waals surface area contributed by atoms with Crippen molar-refractivity contribution in [3.63, 3.8) is 0 Å². The molecule has 0 saturated carbocycles. The molecule has 0 radical (unpaired) electrons. The quantitative estimate of drug-likeness (QED) is 0.797. The summed E-state index contributed by atoms with van der Waals surface area (Å²) in [6, 6.07) is -0.0734. The van der Waals surface area contributed by atoms with Gasteiger partial charge in [0.2, 0.25) is 0 Å². The van der Waals surface area contributed by atoms with Gasteiger partial charge in [0.05, 0.1) is 12.4 Å². The predicted octanol–water partition coefficient (Wildman–Crippen LogP) is 2.67. The molecule has 0 aromatic carbocycles. The molecule has 2 aromatic heterocycles. The van der Waals surface area contributed by atoms with Crippen LogP contribution in [0.3, 0.4) is 0 Å². The van der Waals surface area contributed by atoms with Crippen molar-refractivity contribution >= 4 is 22.8 Å². The van der Waals surface area contributed by atoms with Crippen molar-refractivity contribution in [1.29, 1.82) is 0 Å². The first-order valence-electron chi connectivity index (χ1n) is 7.03. The summed E-state index contributed by atoms with van der Waals surface area (Å²) >= 11 is 6.08. The number of aromatic nitrogens is 4. The van der Waals surface area contributed by atoms with E-state index in [1.54, 1.807) is 6.33 Å². The molecule has 0 bridgehead atoms. The molecule has 3 atom stereocenters. The lowest BCUT2D eigenvalue weighted by Gasteiger charge is -2.21. The average Bonchev–Trinajstić information content (AvgIpc) is 3.10. The van der Waals surface area contributed by atoms with E-state index < -0.39 is 5.79 Å². The molecule has 1 fully saturated rings. The minimum absolute atomic E-state index is 0.0734. The highest BCUT2D eigenvalue weighted by atomic mass is 35.5. The first-order chi connectivity index (χ1) is 10.5. The van der Waals surface area contributed by atoms with E-state index in [0.717, 1.165) is 5.57 Å². The molecule has 1 saturated heterocycles. The van der Waals surface area contributed by atoms with Gasteiger partial charge in [0.1, 0.15) is 24.1 Å². The number of hydrogen-bond donors (Lipinski definition) is 0. The van der Waals surface area contributed by atoms with Gasteiger partial charge in [0.25, 0.3) is 0 Å². The molecule has 4 rings (SSSR count). The second kappa shape index (κ2) is 4.62. The molecule has 2 aliphatic rings. The van der Waals surface area contributed by atoms with Gasteiger partial charge in [0, 0.05) is 0 Å². The van der Waals surface area contributed by atoms with Crippen LogP contribution in [0.5, 0.6) is 0 Å². The molecule has 0 N–H and O–H groups in total. The lowest BCUT2D eigenvalue weighted by Crippen LogP contribution is -2.27. The minimum atomic E-state index is -0.626. The SMILES string of the molecule is C=CC1=C[C@@H](n2cnc3c(Cl)ncnc32)[C@@H]2OC(C)(C)O[C@H]12. The molecule has 3 heterocycles. The summed E-state index contributed by atoms with van der Waals surface area (Å²) in [4.78, 5) is 12.6. The van der Waals surface area contributed by atoms with Gasteiger partial charge in [-0.1, -0.05) is 30.3 Å². The molecule has 7 heteroatoms. The van der Waals surface area contributed by atoms with Crippen LogP contribution >= 0.6 is 11.6 Å². The Morgan fingerprint density at radius 2 is 2.14 bits per heavy atom. The number of imidazole rings is 1. The second-order valence-corrected chi connectivity index (χ2v) is 6.23. The maximum absolute atomic E-state index is 6.08. The highest BCUT2D eigenvalue weighted by Crippen LogP contribution is 2.44. The number of halogens is 1. The zero-order valence-corrected chi connectivity index (χ0v) is 13.0. The normalized spacial score (nSPS) is 29.6. The fourth-order valence-corrected chi connectivity index (χ4v) is 3.32. The summed E-state index contributed by atoms with van der Waals surface area (Å²) in [7, 11) is 0. The van der Waals surface area contributed by atoms with E-state index in [9.17, 15) is 0 Å². The third kappa shape index (κ3) is 1.91. The molecule has 0 spiro atoms. The van der Waals surface area contributed by atoms with Gasteiger partial charge in [0.15, 0.2) is 16.6 Å².